The molecule has 1 aliphatic rings. The Labute approximate surface area is 82.1 Å². The molecule has 14 heavy (non-hydrogen) atoms. The number of amides is 1. The standard InChI is InChI=1S/C9H14N4O/c10-8(14)7-5-12-9(13-7)6-3-1-2-4-11-6/h5-6,11H,1-4H2,(H2,10,14)(H,12,13). The van der Waals surface area contributed by atoms with Gasteiger partial charge in [0, 0.05) is 0 Å². The number of nitrogens with zero attached hydrogens (tertiary/aromatic N) is 1. The van der Waals surface area contributed by atoms with E-state index in [1.807, 2.05) is 0 Å². The average Bonchev–Trinajstić information content (AvgIpc) is 2.68. The van der Waals surface area contributed by atoms with Gasteiger partial charge in [-0.3, -0.25) is 4.79 Å². The molecule has 0 saturated carbocycles. The van der Waals surface area contributed by atoms with E-state index in [0.29, 0.717) is 5.69 Å². The van der Waals surface area contributed by atoms with Crippen LogP contribution in [0.25, 0.3) is 0 Å². The van der Waals surface area contributed by atoms with E-state index in [2.05, 4.69) is 15.3 Å². The summed E-state index contributed by atoms with van der Waals surface area (Å²) in [5.74, 6) is 0.359. The second kappa shape index (κ2) is 3.79. The Kier molecular flexibility index (Phi) is 2.49. The van der Waals surface area contributed by atoms with Crippen molar-refractivity contribution in [3.63, 3.8) is 0 Å². The molecular formula is C9H14N4O. The van der Waals surface area contributed by atoms with E-state index >= 15 is 0 Å². The molecule has 4 N–H and O–H groups in total. The predicted octanol–water partition coefficient (Wildman–Crippen LogP) is 0.323. The fourth-order valence-electron chi connectivity index (χ4n) is 1.72. The van der Waals surface area contributed by atoms with Gasteiger partial charge in [-0.1, -0.05) is 6.42 Å². The summed E-state index contributed by atoms with van der Waals surface area (Å²) in [5.41, 5.74) is 5.51. The third-order valence-corrected chi connectivity index (χ3v) is 2.50. The number of imidazole rings is 1. The molecule has 1 aromatic heterocycles. The molecule has 0 aromatic carbocycles. The molecule has 5 nitrogen and oxygen atoms in total. The minimum atomic E-state index is -0.459. The van der Waals surface area contributed by atoms with Crippen molar-refractivity contribution < 1.29 is 4.79 Å². The van der Waals surface area contributed by atoms with Crippen molar-refractivity contribution >= 4 is 5.91 Å². The predicted molar refractivity (Wildman–Crippen MR) is 51.7 cm³/mol. The molecular weight excluding hydrogens is 180 g/mol. The zero-order valence-corrected chi connectivity index (χ0v) is 7.92. The van der Waals surface area contributed by atoms with Gasteiger partial charge in [-0.15, -0.1) is 0 Å². The van der Waals surface area contributed by atoms with E-state index in [4.69, 9.17) is 5.73 Å². The van der Waals surface area contributed by atoms with Crippen molar-refractivity contribution in [2.24, 2.45) is 5.73 Å². The average molecular weight is 194 g/mol. The summed E-state index contributed by atoms with van der Waals surface area (Å²) in [7, 11) is 0. The van der Waals surface area contributed by atoms with Gasteiger partial charge in [0.15, 0.2) is 0 Å². The normalized spacial score (nSPS) is 22.1. The summed E-state index contributed by atoms with van der Waals surface area (Å²) in [6.45, 7) is 1.01. The summed E-state index contributed by atoms with van der Waals surface area (Å²) in [5, 5.41) is 3.34. The Morgan fingerprint density at radius 2 is 2.43 bits per heavy atom. The molecule has 5 heteroatoms. The lowest BCUT2D eigenvalue weighted by Gasteiger charge is -2.21. The van der Waals surface area contributed by atoms with Crippen molar-refractivity contribution in [1.29, 1.82) is 0 Å². The Bertz CT molecular complexity index is 327. The fourth-order valence-corrected chi connectivity index (χ4v) is 1.72. The van der Waals surface area contributed by atoms with E-state index in [-0.39, 0.29) is 6.04 Å². The first-order chi connectivity index (χ1) is 6.77. The SMILES string of the molecule is NC(=O)c1cnc(C2CCCCN2)[nH]1. The minimum absolute atomic E-state index is 0.247. The van der Waals surface area contributed by atoms with E-state index in [0.717, 1.165) is 18.8 Å². The number of piperidine rings is 1. The molecule has 1 fully saturated rings. The minimum Gasteiger partial charge on any atom is -0.364 e. The highest BCUT2D eigenvalue weighted by atomic mass is 16.1. The maximum Gasteiger partial charge on any atom is 0.266 e. The zero-order valence-electron chi connectivity index (χ0n) is 7.92. The van der Waals surface area contributed by atoms with Crippen LogP contribution in [0.1, 0.15) is 41.6 Å². The molecule has 0 spiro atoms. The number of aromatic nitrogens is 2. The fraction of sp³-hybridized carbons (Fsp3) is 0.556. The van der Waals surface area contributed by atoms with Crippen LogP contribution < -0.4 is 11.1 Å². The van der Waals surface area contributed by atoms with Crippen LogP contribution in [-0.4, -0.2) is 22.4 Å². The van der Waals surface area contributed by atoms with Gasteiger partial charge in [-0.2, -0.15) is 0 Å². The van der Waals surface area contributed by atoms with Gasteiger partial charge < -0.3 is 16.0 Å². The van der Waals surface area contributed by atoms with Gasteiger partial charge in [0.25, 0.3) is 5.91 Å². The van der Waals surface area contributed by atoms with E-state index in [9.17, 15) is 4.79 Å². The number of aromatic amines is 1. The molecule has 2 heterocycles. The van der Waals surface area contributed by atoms with Crippen LogP contribution in [0.2, 0.25) is 0 Å². The van der Waals surface area contributed by atoms with Gasteiger partial charge in [0.2, 0.25) is 0 Å². The Hall–Kier alpha value is -1.36. The Balaban J connectivity index is 2.11. The van der Waals surface area contributed by atoms with Crippen LogP contribution in [0.4, 0.5) is 0 Å². The van der Waals surface area contributed by atoms with Gasteiger partial charge >= 0.3 is 0 Å². The number of carbonyl (C=O) groups is 1. The maximum atomic E-state index is 10.8. The molecule has 76 valence electrons. The van der Waals surface area contributed by atoms with Gasteiger partial charge in [0.05, 0.1) is 12.2 Å². The lowest BCUT2D eigenvalue weighted by atomic mass is 10.0. The van der Waals surface area contributed by atoms with Crippen molar-refractivity contribution in [3.8, 4) is 0 Å². The molecule has 2 rings (SSSR count). The first-order valence-corrected chi connectivity index (χ1v) is 4.85. The number of carbonyl (C=O) groups excluding carboxylic acids is 1. The molecule has 1 amide bonds. The summed E-state index contributed by atoms with van der Waals surface area (Å²) < 4.78 is 0. The highest BCUT2D eigenvalue weighted by molar-refractivity contribution is 5.90. The third kappa shape index (κ3) is 1.77. The molecule has 0 bridgehead atoms. The second-order valence-corrected chi connectivity index (χ2v) is 3.55. The van der Waals surface area contributed by atoms with E-state index in [1.165, 1.54) is 19.0 Å². The quantitative estimate of drug-likeness (QED) is 0.634. The first kappa shape index (κ1) is 9.21. The van der Waals surface area contributed by atoms with Crippen LogP contribution in [0, 0.1) is 0 Å². The molecule has 1 aromatic rings. The molecule has 1 atom stereocenters. The lowest BCUT2D eigenvalue weighted by molar-refractivity contribution is 0.0996. The number of nitrogens with two attached hydrogens (primary N) is 1. The van der Waals surface area contributed by atoms with Crippen molar-refractivity contribution in [3.05, 3.63) is 17.7 Å². The van der Waals surface area contributed by atoms with E-state index < -0.39 is 5.91 Å². The largest absolute Gasteiger partial charge is 0.364 e. The monoisotopic (exact) mass is 194 g/mol. The number of nitrogens with one attached hydrogen (secondary N) is 2. The molecule has 0 aliphatic carbocycles. The maximum absolute atomic E-state index is 10.8. The van der Waals surface area contributed by atoms with Crippen molar-refractivity contribution in [2.45, 2.75) is 25.3 Å². The molecule has 0 radical (unpaired) electrons. The van der Waals surface area contributed by atoms with Crippen molar-refractivity contribution in [2.75, 3.05) is 6.54 Å². The highest BCUT2D eigenvalue weighted by Gasteiger charge is 2.18. The van der Waals surface area contributed by atoms with Crippen LogP contribution in [0.15, 0.2) is 6.20 Å². The van der Waals surface area contributed by atoms with Crippen LogP contribution >= 0.6 is 0 Å². The summed E-state index contributed by atoms with van der Waals surface area (Å²) in [4.78, 5) is 17.9. The Morgan fingerprint density at radius 1 is 1.57 bits per heavy atom. The van der Waals surface area contributed by atoms with Crippen LogP contribution in [0.3, 0.4) is 0 Å². The van der Waals surface area contributed by atoms with Crippen LogP contribution in [0.5, 0.6) is 0 Å². The number of hydrogen-bond acceptors (Lipinski definition) is 3. The summed E-state index contributed by atoms with van der Waals surface area (Å²) in [6.07, 6.45) is 4.96. The highest BCUT2D eigenvalue weighted by Crippen LogP contribution is 2.19. The lowest BCUT2D eigenvalue weighted by Crippen LogP contribution is -2.27. The van der Waals surface area contributed by atoms with Crippen LogP contribution in [-0.2, 0) is 0 Å². The van der Waals surface area contributed by atoms with E-state index in [1.54, 1.807) is 0 Å². The Morgan fingerprint density at radius 3 is 3.00 bits per heavy atom. The van der Waals surface area contributed by atoms with Gasteiger partial charge in [-0.05, 0) is 19.4 Å². The summed E-state index contributed by atoms with van der Waals surface area (Å²) in [6, 6.07) is 0.247. The van der Waals surface area contributed by atoms with Gasteiger partial charge in [-0.25, -0.2) is 4.98 Å². The topological polar surface area (TPSA) is 83.8 Å². The second-order valence-electron chi connectivity index (χ2n) is 3.55. The molecule has 1 aliphatic heterocycles. The van der Waals surface area contributed by atoms with Gasteiger partial charge in [0.1, 0.15) is 11.5 Å². The smallest absolute Gasteiger partial charge is 0.266 e. The number of H-pyrrole nitrogens is 1. The number of rotatable bonds is 2. The summed E-state index contributed by atoms with van der Waals surface area (Å²) >= 11 is 0. The van der Waals surface area contributed by atoms with Crippen molar-refractivity contribution in [1.82, 2.24) is 15.3 Å². The molecule has 1 saturated heterocycles. The third-order valence-electron chi connectivity index (χ3n) is 2.50. The zero-order chi connectivity index (χ0) is 9.97. The number of primary amides is 1. The molecule has 1 unspecified atom stereocenters. The number of hydrogen-bond donors (Lipinski definition) is 3. The first-order valence-electron chi connectivity index (χ1n) is 4.85.